The van der Waals surface area contributed by atoms with Gasteiger partial charge in [-0.25, -0.2) is 4.98 Å². The van der Waals surface area contributed by atoms with Gasteiger partial charge in [-0.05, 0) is 44.0 Å². The molecule has 1 amide bonds. The first-order valence-corrected chi connectivity index (χ1v) is 11.4. The molecule has 3 aromatic rings. The van der Waals surface area contributed by atoms with E-state index in [0.717, 1.165) is 59.8 Å². The molecule has 7 heteroatoms. The van der Waals surface area contributed by atoms with Crippen LogP contribution < -0.4 is 4.90 Å². The van der Waals surface area contributed by atoms with E-state index in [-0.39, 0.29) is 5.91 Å². The Bertz CT molecular complexity index is 1040. The molecule has 1 aliphatic rings. The summed E-state index contributed by atoms with van der Waals surface area (Å²) in [6.45, 7) is 10.6. The fourth-order valence-corrected chi connectivity index (χ4v) is 5.10. The van der Waals surface area contributed by atoms with Gasteiger partial charge in [0, 0.05) is 31.7 Å². The summed E-state index contributed by atoms with van der Waals surface area (Å²) in [5.41, 5.74) is 4.76. The standard InChI is InChI=1S/C23H26ClN3O2S/c1-15-4-6-18(17(3)14-15)22(28)27(9-8-26-10-12-29-13-11-26)23-25-20-16(2)5-7-19(24)21(20)30-23/h4-7,14H,8-13H2,1-3H3. The molecule has 2 heterocycles. The fraction of sp³-hybridized carbons (Fsp3) is 0.391. The minimum atomic E-state index is -0.0198. The van der Waals surface area contributed by atoms with E-state index in [1.165, 1.54) is 11.3 Å². The lowest BCUT2D eigenvalue weighted by Crippen LogP contribution is -2.43. The van der Waals surface area contributed by atoms with Crippen molar-refractivity contribution in [2.45, 2.75) is 20.8 Å². The smallest absolute Gasteiger partial charge is 0.260 e. The Labute approximate surface area is 186 Å². The number of rotatable bonds is 5. The number of aryl methyl sites for hydroxylation is 3. The molecular formula is C23H26ClN3O2S. The van der Waals surface area contributed by atoms with Crippen LogP contribution in [0.3, 0.4) is 0 Å². The van der Waals surface area contributed by atoms with Crippen molar-refractivity contribution in [1.29, 1.82) is 0 Å². The number of hydrogen-bond donors (Lipinski definition) is 0. The summed E-state index contributed by atoms with van der Waals surface area (Å²) in [5.74, 6) is -0.0198. The Kier molecular flexibility index (Phi) is 6.39. The third-order valence-corrected chi connectivity index (χ3v) is 7.06. The second kappa shape index (κ2) is 9.02. The molecule has 1 aromatic heterocycles. The van der Waals surface area contributed by atoms with Crippen molar-refractivity contribution in [3.05, 3.63) is 57.6 Å². The highest BCUT2D eigenvalue weighted by Crippen LogP contribution is 2.36. The van der Waals surface area contributed by atoms with Gasteiger partial charge in [0.15, 0.2) is 5.13 Å². The zero-order valence-electron chi connectivity index (χ0n) is 17.6. The van der Waals surface area contributed by atoms with Crippen LogP contribution in [0.4, 0.5) is 5.13 Å². The Morgan fingerprint density at radius 3 is 2.63 bits per heavy atom. The Hall–Kier alpha value is -1.99. The molecule has 2 aromatic carbocycles. The van der Waals surface area contributed by atoms with Crippen LogP contribution in [0.15, 0.2) is 30.3 Å². The van der Waals surface area contributed by atoms with Crippen molar-refractivity contribution in [3.63, 3.8) is 0 Å². The van der Waals surface area contributed by atoms with Gasteiger partial charge in [-0.3, -0.25) is 14.6 Å². The second-order valence-corrected chi connectivity index (χ2v) is 9.15. The number of amides is 1. The van der Waals surface area contributed by atoms with Gasteiger partial charge in [0.05, 0.1) is 28.5 Å². The van der Waals surface area contributed by atoms with Gasteiger partial charge < -0.3 is 4.74 Å². The molecule has 0 saturated carbocycles. The van der Waals surface area contributed by atoms with Crippen molar-refractivity contribution in [1.82, 2.24) is 9.88 Å². The second-order valence-electron chi connectivity index (χ2n) is 7.77. The largest absolute Gasteiger partial charge is 0.379 e. The van der Waals surface area contributed by atoms with Crippen molar-refractivity contribution in [3.8, 4) is 0 Å². The molecule has 158 valence electrons. The normalized spacial score (nSPS) is 14.9. The number of aromatic nitrogens is 1. The number of anilines is 1. The van der Waals surface area contributed by atoms with E-state index < -0.39 is 0 Å². The van der Waals surface area contributed by atoms with Crippen molar-refractivity contribution >= 4 is 44.2 Å². The number of fused-ring (bicyclic) bond motifs is 1. The SMILES string of the molecule is Cc1ccc(C(=O)N(CCN2CCOCC2)c2nc3c(C)ccc(Cl)c3s2)c(C)c1. The molecule has 0 unspecified atom stereocenters. The van der Waals surface area contributed by atoms with Gasteiger partial charge in [0.2, 0.25) is 0 Å². The summed E-state index contributed by atoms with van der Waals surface area (Å²) in [5, 5.41) is 1.37. The first-order valence-electron chi connectivity index (χ1n) is 10.2. The summed E-state index contributed by atoms with van der Waals surface area (Å²) in [7, 11) is 0. The van der Waals surface area contributed by atoms with Gasteiger partial charge in [0.1, 0.15) is 0 Å². The summed E-state index contributed by atoms with van der Waals surface area (Å²) >= 11 is 7.91. The molecule has 0 radical (unpaired) electrons. The number of nitrogens with zero attached hydrogens (tertiary/aromatic N) is 3. The van der Waals surface area contributed by atoms with Crippen LogP contribution in [0.25, 0.3) is 10.2 Å². The molecule has 1 saturated heterocycles. The highest BCUT2D eigenvalue weighted by atomic mass is 35.5. The van der Waals surface area contributed by atoms with Gasteiger partial charge in [-0.2, -0.15) is 0 Å². The average molecular weight is 444 g/mol. The molecule has 0 N–H and O–H groups in total. The van der Waals surface area contributed by atoms with Crippen molar-refractivity contribution in [2.75, 3.05) is 44.3 Å². The molecule has 0 atom stereocenters. The lowest BCUT2D eigenvalue weighted by Gasteiger charge is -2.29. The van der Waals surface area contributed by atoms with Crippen LogP contribution >= 0.6 is 22.9 Å². The number of benzene rings is 2. The fourth-order valence-electron chi connectivity index (χ4n) is 3.76. The van der Waals surface area contributed by atoms with Crippen molar-refractivity contribution in [2.24, 2.45) is 0 Å². The first kappa shape index (κ1) is 21.2. The van der Waals surface area contributed by atoms with E-state index in [1.54, 1.807) is 0 Å². The highest BCUT2D eigenvalue weighted by molar-refractivity contribution is 7.23. The van der Waals surface area contributed by atoms with Gasteiger partial charge in [-0.1, -0.05) is 46.7 Å². The molecular weight excluding hydrogens is 418 g/mol. The van der Waals surface area contributed by atoms with E-state index in [0.29, 0.717) is 22.3 Å². The third kappa shape index (κ3) is 4.37. The topological polar surface area (TPSA) is 45.7 Å². The number of morpholine rings is 1. The lowest BCUT2D eigenvalue weighted by atomic mass is 10.0. The van der Waals surface area contributed by atoms with Gasteiger partial charge in [0.25, 0.3) is 5.91 Å². The minimum Gasteiger partial charge on any atom is -0.379 e. The van der Waals surface area contributed by atoms with Crippen molar-refractivity contribution < 1.29 is 9.53 Å². The lowest BCUT2D eigenvalue weighted by molar-refractivity contribution is 0.0391. The predicted octanol–water partition coefficient (Wildman–Crippen LogP) is 4.85. The zero-order chi connectivity index (χ0) is 21.3. The number of ether oxygens (including phenoxy) is 1. The highest BCUT2D eigenvalue weighted by Gasteiger charge is 2.24. The summed E-state index contributed by atoms with van der Waals surface area (Å²) in [4.78, 5) is 22.6. The van der Waals surface area contributed by atoms with E-state index in [1.807, 2.05) is 56.0 Å². The van der Waals surface area contributed by atoms with E-state index >= 15 is 0 Å². The summed E-state index contributed by atoms with van der Waals surface area (Å²) in [6, 6.07) is 9.82. The number of carbonyl (C=O) groups is 1. The Morgan fingerprint density at radius 1 is 1.17 bits per heavy atom. The molecule has 5 nitrogen and oxygen atoms in total. The van der Waals surface area contributed by atoms with Gasteiger partial charge in [-0.15, -0.1) is 0 Å². The first-order chi connectivity index (χ1) is 14.4. The maximum Gasteiger partial charge on any atom is 0.260 e. The predicted molar refractivity (Wildman–Crippen MR) is 124 cm³/mol. The van der Waals surface area contributed by atoms with E-state index in [9.17, 15) is 4.79 Å². The maximum atomic E-state index is 13.6. The molecule has 0 spiro atoms. The van der Waals surface area contributed by atoms with Crippen LogP contribution in [0.5, 0.6) is 0 Å². The molecule has 4 rings (SSSR count). The molecule has 0 bridgehead atoms. The number of hydrogen-bond acceptors (Lipinski definition) is 5. The third-order valence-electron chi connectivity index (χ3n) is 5.52. The van der Waals surface area contributed by atoms with Gasteiger partial charge >= 0.3 is 0 Å². The molecule has 1 fully saturated rings. The average Bonchev–Trinajstić information content (AvgIpc) is 3.18. The van der Waals surface area contributed by atoms with Crippen LogP contribution in [0, 0.1) is 20.8 Å². The number of carbonyl (C=O) groups excluding carboxylic acids is 1. The Morgan fingerprint density at radius 2 is 1.93 bits per heavy atom. The maximum absolute atomic E-state index is 13.6. The number of thiazole rings is 1. The zero-order valence-corrected chi connectivity index (χ0v) is 19.1. The summed E-state index contributed by atoms with van der Waals surface area (Å²) in [6.07, 6.45) is 0. The molecule has 0 aliphatic carbocycles. The van der Waals surface area contributed by atoms with Crippen LogP contribution in [0.2, 0.25) is 5.02 Å². The Balaban J connectivity index is 1.70. The summed E-state index contributed by atoms with van der Waals surface area (Å²) < 4.78 is 6.38. The van der Waals surface area contributed by atoms with Crippen LogP contribution in [-0.2, 0) is 4.74 Å². The quantitative estimate of drug-likeness (QED) is 0.565. The van der Waals surface area contributed by atoms with Crippen LogP contribution in [-0.4, -0.2) is 55.2 Å². The molecule has 1 aliphatic heterocycles. The molecule has 30 heavy (non-hydrogen) atoms. The number of halogens is 1. The van der Waals surface area contributed by atoms with E-state index in [4.69, 9.17) is 21.3 Å². The minimum absolute atomic E-state index is 0.0198. The van der Waals surface area contributed by atoms with E-state index in [2.05, 4.69) is 4.90 Å². The monoisotopic (exact) mass is 443 g/mol. The van der Waals surface area contributed by atoms with Crippen LogP contribution in [0.1, 0.15) is 27.0 Å².